The molecule has 3 fully saturated rings. The van der Waals surface area contributed by atoms with Crippen LogP contribution in [0.2, 0.25) is 0 Å². The third-order valence-electron chi connectivity index (χ3n) is 7.63. The van der Waals surface area contributed by atoms with Crippen molar-refractivity contribution in [3.05, 3.63) is 0 Å². The molecule has 0 amide bonds. The second-order valence-corrected chi connectivity index (χ2v) is 15.0. The molecule has 0 bridgehead atoms. The van der Waals surface area contributed by atoms with Crippen LogP contribution in [0.25, 0.3) is 0 Å². The van der Waals surface area contributed by atoms with E-state index in [4.69, 9.17) is 11.6 Å². The molecule has 3 rings (SSSR count). The van der Waals surface area contributed by atoms with Gasteiger partial charge in [0.25, 0.3) is 0 Å². The van der Waals surface area contributed by atoms with Crippen molar-refractivity contribution >= 4 is 18.9 Å². The first-order chi connectivity index (χ1) is 10.8. The van der Waals surface area contributed by atoms with Crippen LogP contribution in [0.15, 0.2) is 0 Å². The average Bonchev–Trinajstić information content (AvgIpc) is 2.58. The van der Waals surface area contributed by atoms with E-state index in [-0.39, 0.29) is 0 Å². The molecule has 0 saturated heterocycles. The molecule has 130 valence electrons. The van der Waals surface area contributed by atoms with Crippen LogP contribution in [-0.4, -0.2) is 22.1 Å². The minimum atomic E-state index is -1.40. The molecule has 0 spiro atoms. The van der Waals surface area contributed by atoms with Crippen molar-refractivity contribution in [2.45, 2.75) is 125 Å². The summed E-state index contributed by atoms with van der Waals surface area (Å²) in [5.41, 5.74) is 3.21. The molecule has 22 heavy (non-hydrogen) atoms. The van der Waals surface area contributed by atoms with Gasteiger partial charge in [-0.25, -0.2) is 0 Å². The number of alkyl halides is 1. The first-order valence-corrected chi connectivity index (χ1v) is 13.1. The van der Waals surface area contributed by atoms with E-state index in [2.05, 4.69) is 6.92 Å². The number of rotatable bonds is 4. The zero-order valence-corrected chi connectivity index (χ0v) is 16.5. The van der Waals surface area contributed by atoms with Crippen molar-refractivity contribution in [3.63, 3.8) is 0 Å². The molecule has 0 nitrogen and oxygen atoms in total. The predicted octanol–water partition coefficient (Wildman–Crippen LogP) is 7.32. The summed E-state index contributed by atoms with van der Waals surface area (Å²) in [6.45, 7) is 2.44. The summed E-state index contributed by atoms with van der Waals surface area (Å²) >= 11 is 7.16. The molecule has 0 N–H and O–H groups in total. The van der Waals surface area contributed by atoms with Crippen LogP contribution in [0, 0.1) is 0 Å². The Bertz CT molecular complexity index is 277. The third-order valence-corrected chi connectivity index (χ3v) is 16.1. The van der Waals surface area contributed by atoms with E-state index in [0.717, 1.165) is 17.0 Å². The Morgan fingerprint density at radius 2 is 0.864 bits per heavy atom. The molecule has 0 aromatic rings. The summed E-state index contributed by atoms with van der Waals surface area (Å²) in [4.78, 5) is 0. The topological polar surface area (TPSA) is 0 Å². The van der Waals surface area contributed by atoms with Crippen molar-refractivity contribution in [3.8, 4) is 0 Å². The Kier molecular flexibility index (Phi) is 6.54. The van der Waals surface area contributed by atoms with Gasteiger partial charge in [-0.05, 0) is 0 Å². The molecule has 3 aliphatic rings. The van der Waals surface area contributed by atoms with Gasteiger partial charge in [0.1, 0.15) is 0 Å². The van der Waals surface area contributed by atoms with Crippen molar-refractivity contribution < 1.29 is 0 Å². The molecule has 0 unspecified atom stereocenters. The van der Waals surface area contributed by atoms with E-state index in [1.807, 2.05) is 0 Å². The van der Waals surface area contributed by atoms with Gasteiger partial charge in [-0.15, -0.1) is 0 Å². The van der Waals surface area contributed by atoms with Crippen LogP contribution in [0.5, 0.6) is 0 Å². The van der Waals surface area contributed by atoms with E-state index in [0.29, 0.717) is 5.12 Å². The second kappa shape index (κ2) is 8.20. The van der Waals surface area contributed by atoms with Gasteiger partial charge >= 0.3 is 144 Å². The van der Waals surface area contributed by atoms with Crippen molar-refractivity contribution in [1.29, 1.82) is 0 Å². The molecule has 3 aliphatic carbocycles. The summed E-state index contributed by atoms with van der Waals surface area (Å²) in [7, 11) is -1.40. The summed E-state index contributed by atoms with van der Waals surface area (Å²) in [6, 6.07) is 0. The van der Waals surface area contributed by atoms with Crippen LogP contribution in [0.4, 0.5) is 0 Å². The zero-order valence-electron chi connectivity index (χ0n) is 14.8. The van der Waals surface area contributed by atoms with Crippen LogP contribution in [0.3, 0.4) is 0 Å². The van der Waals surface area contributed by atoms with Crippen LogP contribution < -0.4 is 0 Å². The number of hydrogen-bond donors (Lipinski definition) is 0. The maximum absolute atomic E-state index is 7.16. The minimum absolute atomic E-state index is 0.516. The summed E-state index contributed by atoms with van der Waals surface area (Å²) in [5, 5.41) is 0.516. The normalized spacial score (nSPS) is 29.4. The maximum atomic E-state index is 7.16. The first kappa shape index (κ1) is 17.5. The summed E-state index contributed by atoms with van der Waals surface area (Å²) < 4.78 is 0. The van der Waals surface area contributed by atoms with Gasteiger partial charge in [-0.3, -0.25) is 0 Å². The molecular weight excluding hydrogens is 307 g/mol. The Balaban J connectivity index is 1.92. The summed E-state index contributed by atoms with van der Waals surface area (Å²) in [6.07, 6.45) is 22.7. The Labute approximate surface area is 144 Å². The van der Waals surface area contributed by atoms with E-state index in [1.54, 1.807) is 0 Å². The van der Waals surface area contributed by atoms with Gasteiger partial charge in [0.2, 0.25) is 0 Å². The zero-order chi connectivity index (χ0) is 15.4. The fourth-order valence-electron chi connectivity index (χ4n) is 6.78. The summed E-state index contributed by atoms with van der Waals surface area (Å²) in [5.74, 6) is 0. The molecule has 0 radical (unpaired) electrons. The molecule has 0 aromatic heterocycles. The van der Waals surface area contributed by atoms with Gasteiger partial charge in [0, 0.05) is 0 Å². The Morgan fingerprint density at radius 3 is 1.09 bits per heavy atom. The number of hydrogen-bond acceptors (Lipinski definition) is 0. The van der Waals surface area contributed by atoms with E-state index < -0.39 is 7.26 Å². The Hall–Kier alpha value is 0.720. The molecule has 0 heterocycles. The van der Waals surface area contributed by atoms with Crippen molar-refractivity contribution in [2.24, 2.45) is 0 Å². The SMILES string of the molecule is C[C@H](Cl)[PH](C1CCCCC1)(C1CCCCC1)C1CCCCC1. The molecule has 0 aliphatic heterocycles. The van der Waals surface area contributed by atoms with E-state index >= 15 is 0 Å². The van der Waals surface area contributed by atoms with E-state index in [1.165, 1.54) is 96.3 Å². The van der Waals surface area contributed by atoms with Gasteiger partial charge in [-0.1, -0.05) is 0 Å². The van der Waals surface area contributed by atoms with Crippen molar-refractivity contribution in [1.82, 2.24) is 0 Å². The second-order valence-electron chi connectivity index (χ2n) is 8.62. The quantitative estimate of drug-likeness (QED) is 0.370. The van der Waals surface area contributed by atoms with Crippen LogP contribution in [0.1, 0.15) is 103 Å². The standard InChI is InChI=1S/C20H38ClP/c1-17(21)22(18-11-5-2-6-12-18,19-13-7-3-8-14-19)20-15-9-4-10-16-20/h17-20,22H,2-16H2,1H3/t17-/m1/s1. The predicted molar refractivity (Wildman–Crippen MR) is 104 cm³/mol. The Morgan fingerprint density at radius 1 is 0.591 bits per heavy atom. The molecule has 3 saturated carbocycles. The molecule has 0 aromatic carbocycles. The van der Waals surface area contributed by atoms with E-state index in [9.17, 15) is 0 Å². The van der Waals surface area contributed by atoms with Gasteiger partial charge in [-0.2, -0.15) is 0 Å². The molecule has 1 atom stereocenters. The van der Waals surface area contributed by atoms with Gasteiger partial charge < -0.3 is 0 Å². The number of halogens is 1. The van der Waals surface area contributed by atoms with Crippen LogP contribution >= 0.6 is 18.9 Å². The van der Waals surface area contributed by atoms with Crippen LogP contribution in [-0.2, 0) is 0 Å². The first-order valence-electron chi connectivity index (χ1n) is 10.4. The molecular formula is C20H38ClP. The van der Waals surface area contributed by atoms with Crippen molar-refractivity contribution in [2.75, 3.05) is 0 Å². The fraction of sp³-hybridized carbons (Fsp3) is 1.00. The third kappa shape index (κ3) is 3.39. The molecule has 2 heteroatoms. The van der Waals surface area contributed by atoms with Gasteiger partial charge in [0.05, 0.1) is 0 Å². The van der Waals surface area contributed by atoms with Gasteiger partial charge in [0.15, 0.2) is 0 Å². The monoisotopic (exact) mass is 344 g/mol. The fourth-order valence-corrected chi connectivity index (χ4v) is 16.6. The average molecular weight is 345 g/mol.